The van der Waals surface area contributed by atoms with Crippen LogP contribution in [-0.4, -0.2) is 37.9 Å². The fourth-order valence-electron chi connectivity index (χ4n) is 2.30. The van der Waals surface area contributed by atoms with Gasteiger partial charge in [0.25, 0.3) is 11.8 Å². The molecule has 0 aliphatic heterocycles. The van der Waals surface area contributed by atoms with Crippen LogP contribution in [0.25, 0.3) is 0 Å². The van der Waals surface area contributed by atoms with Gasteiger partial charge in [-0.3, -0.25) is 9.59 Å². The highest BCUT2D eigenvalue weighted by atomic mass is 35.5. The molecular weight excluding hydrogens is 328 g/mol. The van der Waals surface area contributed by atoms with Crippen molar-refractivity contribution in [3.05, 3.63) is 64.2 Å². The van der Waals surface area contributed by atoms with Crippen LogP contribution in [0.2, 0.25) is 5.02 Å². The largest absolute Gasteiger partial charge is 0.496 e. The number of carbonyl (C=O) groups excluding carboxylic acids is 2. The maximum Gasteiger partial charge on any atom is 0.257 e. The van der Waals surface area contributed by atoms with Crippen LogP contribution in [0.4, 0.5) is 0 Å². The van der Waals surface area contributed by atoms with Crippen molar-refractivity contribution in [2.45, 2.75) is 6.54 Å². The van der Waals surface area contributed by atoms with Crippen molar-refractivity contribution in [3.8, 4) is 5.75 Å². The highest BCUT2D eigenvalue weighted by Gasteiger charge is 2.17. The Morgan fingerprint density at radius 1 is 1.17 bits per heavy atom. The average Bonchev–Trinajstić information content (AvgIpc) is 2.60. The second-order valence-electron chi connectivity index (χ2n) is 5.28. The van der Waals surface area contributed by atoms with E-state index in [0.29, 0.717) is 28.4 Å². The van der Waals surface area contributed by atoms with Crippen LogP contribution in [0.5, 0.6) is 5.75 Å². The number of rotatable bonds is 5. The molecule has 2 aromatic rings. The summed E-state index contributed by atoms with van der Waals surface area (Å²) in [7, 11) is 4.80. The molecule has 5 nitrogen and oxygen atoms in total. The summed E-state index contributed by atoms with van der Waals surface area (Å²) < 4.78 is 5.23. The zero-order valence-corrected chi connectivity index (χ0v) is 14.6. The van der Waals surface area contributed by atoms with Gasteiger partial charge in [-0.05, 0) is 35.9 Å². The fourth-order valence-corrected chi connectivity index (χ4v) is 2.48. The normalized spacial score (nSPS) is 10.2. The van der Waals surface area contributed by atoms with Gasteiger partial charge in [0.15, 0.2) is 0 Å². The van der Waals surface area contributed by atoms with E-state index in [0.717, 1.165) is 5.56 Å². The van der Waals surface area contributed by atoms with Crippen LogP contribution in [0.15, 0.2) is 42.5 Å². The molecule has 6 heteroatoms. The van der Waals surface area contributed by atoms with Gasteiger partial charge in [0, 0.05) is 31.2 Å². The summed E-state index contributed by atoms with van der Waals surface area (Å²) in [6.07, 6.45) is 0. The Balaban J connectivity index is 2.14. The van der Waals surface area contributed by atoms with Crippen LogP contribution in [-0.2, 0) is 6.54 Å². The molecule has 0 bridgehead atoms. The van der Waals surface area contributed by atoms with E-state index in [1.54, 1.807) is 49.3 Å². The molecule has 24 heavy (non-hydrogen) atoms. The number of hydrogen-bond acceptors (Lipinski definition) is 3. The molecule has 0 fully saturated rings. The summed E-state index contributed by atoms with van der Waals surface area (Å²) in [6.45, 7) is 0.405. The monoisotopic (exact) mass is 346 g/mol. The summed E-state index contributed by atoms with van der Waals surface area (Å²) in [4.78, 5) is 25.7. The third-order valence-corrected chi connectivity index (χ3v) is 3.84. The van der Waals surface area contributed by atoms with Crippen LogP contribution in [0.3, 0.4) is 0 Å². The molecule has 2 rings (SSSR count). The fraction of sp³-hybridized carbons (Fsp3) is 0.222. The first-order valence-corrected chi connectivity index (χ1v) is 7.74. The zero-order valence-electron chi connectivity index (χ0n) is 13.8. The van der Waals surface area contributed by atoms with Crippen LogP contribution in [0.1, 0.15) is 26.3 Å². The number of benzene rings is 2. The molecule has 0 unspecified atom stereocenters. The zero-order chi connectivity index (χ0) is 17.7. The van der Waals surface area contributed by atoms with Crippen molar-refractivity contribution in [2.24, 2.45) is 0 Å². The Morgan fingerprint density at radius 3 is 2.42 bits per heavy atom. The van der Waals surface area contributed by atoms with Gasteiger partial charge in [-0.2, -0.15) is 0 Å². The Labute approximate surface area is 146 Å². The van der Waals surface area contributed by atoms with Crippen molar-refractivity contribution < 1.29 is 14.3 Å². The molecule has 0 heterocycles. The lowest BCUT2D eigenvalue weighted by molar-refractivity contribution is 0.0781. The van der Waals surface area contributed by atoms with E-state index in [4.69, 9.17) is 16.3 Å². The van der Waals surface area contributed by atoms with Gasteiger partial charge in [-0.15, -0.1) is 0 Å². The van der Waals surface area contributed by atoms with Gasteiger partial charge in [-0.1, -0.05) is 23.7 Å². The van der Waals surface area contributed by atoms with Crippen molar-refractivity contribution in [1.82, 2.24) is 10.2 Å². The van der Waals surface area contributed by atoms with Crippen molar-refractivity contribution in [3.63, 3.8) is 0 Å². The van der Waals surface area contributed by atoms with E-state index in [2.05, 4.69) is 5.32 Å². The van der Waals surface area contributed by atoms with Crippen LogP contribution in [0, 0.1) is 0 Å². The third-order valence-electron chi connectivity index (χ3n) is 3.60. The number of amides is 2. The first kappa shape index (κ1) is 17.8. The molecule has 0 aliphatic carbocycles. The van der Waals surface area contributed by atoms with Crippen molar-refractivity contribution in [2.75, 3.05) is 21.2 Å². The number of nitrogens with zero attached hydrogens (tertiary/aromatic N) is 1. The number of carbonyl (C=O) groups is 2. The number of hydrogen-bond donors (Lipinski definition) is 1. The molecule has 0 saturated heterocycles. The van der Waals surface area contributed by atoms with Gasteiger partial charge in [-0.25, -0.2) is 0 Å². The lowest BCUT2D eigenvalue weighted by atomic mass is 10.1. The molecule has 0 radical (unpaired) electrons. The minimum Gasteiger partial charge on any atom is -0.496 e. The van der Waals surface area contributed by atoms with E-state index in [1.807, 2.05) is 12.1 Å². The summed E-state index contributed by atoms with van der Waals surface area (Å²) in [5.41, 5.74) is 1.90. The SMILES string of the molecule is CNC(=O)c1ccc(CN(C)C(=O)c2cc(Cl)ccc2OC)cc1. The Morgan fingerprint density at radius 2 is 1.83 bits per heavy atom. The Kier molecular flexibility index (Phi) is 5.82. The lowest BCUT2D eigenvalue weighted by Gasteiger charge is -2.19. The summed E-state index contributed by atoms with van der Waals surface area (Å²) in [5.74, 6) is 0.144. The standard InChI is InChI=1S/C18H19ClN2O3/c1-20-17(22)13-6-4-12(5-7-13)11-21(2)18(23)15-10-14(19)8-9-16(15)24-3/h4-10H,11H2,1-3H3,(H,20,22). The predicted octanol–water partition coefficient (Wildman–Crippen LogP) is 2.98. The number of methoxy groups -OCH3 is 1. The quantitative estimate of drug-likeness (QED) is 0.905. The topological polar surface area (TPSA) is 58.6 Å². The molecule has 126 valence electrons. The van der Waals surface area contributed by atoms with Crippen molar-refractivity contribution >= 4 is 23.4 Å². The van der Waals surface area contributed by atoms with Crippen LogP contribution < -0.4 is 10.1 Å². The van der Waals surface area contributed by atoms with E-state index < -0.39 is 0 Å². The molecule has 0 aromatic heterocycles. The van der Waals surface area contributed by atoms with Crippen molar-refractivity contribution in [1.29, 1.82) is 0 Å². The average molecular weight is 347 g/mol. The second-order valence-corrected chi connectivity index (χ2v) is 5.72. The molecule has 1 N–H and O–H groups in total. The molecule has 0 spiro atoms. The highest BCUT2D eigenvalue weighted by molar-refractivity contribution is 6.31. The summed E-state index contributed by atoms with van der Waals surface area (Å²) in [6, 6.07) is 12.0. The molecule has 0 saturated carbocycles. The van der Waals surface area contributed by atoms with E-state index >= 15 is 0 Å². The van der Waals surface area contributed by atoms with E-state index in [-0.39, 0.29) is 11.8 Å². The number of ether oxygens (including phenoxy) is 1. The van der Waals surface area contributed by atoms with E-state index in [1.165, 1.54) is 7.11 Å². The summed E-state index contributed by atoms with van der Waals surface area (Å²) in [5, 5.41) is 3.04. The third kappa shape index (κ3) is 4.06. The lowest BCUT2D eigenvalue weighted by Crippen LogP contribution is -2.26. The first-order chi connectivity index (χ1) is 11.5. The molecule has 2 amide bonds. The summed E-state index contributed by atoms with van der Waals surface area (Å²) >= 11 is 5.98. The van der Waals surface area contributed by atoms with E-state index in [9.17, 15) is 9.59 Å². The van der Waals surface area contributed by atoms with Gasteiger partial charge < -0.3 is 15.0 Å². The Bertz CT molecular complexity index is 744. The van der Waals surface area contributed by atoms with Gasteiger partial charge in [0.1, 0.15) is 5.75 Å². The van der Waals surface area contributed by atoms with Gasteiger partial charge >= 0.3 is 0 Å². The minimum absolute atomic E-state index is 0.144. The maximum absolute atomic E-state index is 12.6. The maximum atomic E-state index is 12.6. The smallest absolute Gasteiger partial charge is 0.257 e. The number of nitrogens with one attached hydrogen (secondary N) is 1. The highest BCUT2D eigenvalue weighted by Crippen LogP contribution is 2.24. The Hall–Kier alpha value is -2.53. The van der Waals surface area contributed by atoms with Gasteiger partial charge in [0.2, 0.25) is 0 Å². The minimum atomic E-state index is -0.190. The first-order valence-electron chi connectivity index (χ1n) is 7.36. The number of halogens is 1. The predicted molar refractivity (Wildman–Crippen MR) is 93.6 cm³/mol. The molecule has 0 aliphatic rings. The van der Waals surface area contributed by atoms with Crippen LogP contribution >= 0.6 is 11.6 Å². The van der Waals surface area contributed by atoms with Gasteiger partial charge in [0.05, 0.1) is 12.7 Å². The molecular formula is C18H19ClN2O3. The molecule has 0 atom stereocenters. The second kappa shape index (κ2) is 7.84. The molecule has 2 aromatic carbocycles.